The predicted octanol–water partition coefficient (Wildman–Crippen LogP) is 15.9. The Hall–Kier alpha value is -7.22. The van der Waals surface area contributed by atoms with Gasteiger partial charge in [-0.25, -0.2) is 0 Å². The standard InChI is InChI=1S/C56H39N/c1-36-16-14-17-37(2)56(36)57(44-25-15-24-41(30-44)38-18-6-3-7-19-38)45-29-28-42-32-48-49(33-43(42)31-45)51-35-53-52(34-50(48)51)54(39-20-8-4-9-21-39)46-26-12-13-27-47(46)55(53)40-22-10-5-11-23-40/h3-35H,1-2H3. The Morgan fingerprint density at radius 2 is 0.754 bits per heavy atom. The van der Waals surface area contributed by atoms with Gasteiger partial charge >= 0.3 is 0 Å². The molecule has 1 nitrogen and oxygen atoms in total. The molecule has 0 aliphatic heterocycles. The first-order chi connectivity index (χ1) is 28.1. The zero-order valence-corrected chi connectivity index (χ0v) is 32.0. The lowest BCUT2D eigenvalue weighted by Gasteiger charge is -2.30. The molecule has 0 bridgehead atoms. The Bertz CT molecular complexity index is 3160. The quantitative estimate of drug-likeness (QED) is 0.154. The Morgan fingerprint density at radius 3 is 1.33 bits per heavy atom. The predicted molar refractivity (Wildman–Crippen MR) is 244 cm³/mol. The van der Waals surface area contributed by atoms with Crippen molar-refractivity contribution in [3.63, 3.8) is 0 Å². The zero-order chi connectivity index (χ0) is 38.0. The lowest BCUT2D eigenvalue weighted by Crippen LogP contribution is -2.13. The van der Waals surface area contributed by atoms with E-state index in [4.69, 9.17) is 0 Å². The number of benzene rings is 10. The van der Waals surface area contributed by atoms with E-state index in [-0.39, 0.29) is 0 Å². The van der Waals surface area contributed by atoms with E-state index in [9.17, 15) is 0 Å². The monoisotopic (exact) mass is 725 g/mol. The molecule has 1 aliphatic carbocycles. The third-order valence-corrected chi connectivity index (χ3v) is 12.0. The van der Waals surface area contributed by atoms with E-state index in [1.165, 1.54) is 105 Å². The van der Waals surface area contributed by atoms with Gasteiger partial charge in [0.2, 0.25) is 0 Å². The molecule has 268 valence electrons. The van der Waals surface area contributed by atoms with Crippen molar-refractivity contribution in [2.24, 2.45) is 0 Å². The van der Waals surface area contributed by atoms with Gasteiger partial charge in [0.1, 0.15) is 0 Å². The molecular formula is C56H39N. The highest BCUT2D eigenvalue weighted by Gasteiger charge is 2.27. The summed E-state index contributed by atoms with van der Waals surface area (Å²) in [6.45, 7) is 4.44. The Balaban J connectivity index is 1.11. The molecule has 0 saturated carbocycles. The van der Waals surface area contributed by atoms with Crippen LogP contribution in [0.15, 0.2) is 200 Å². The summed E-state index contributed by atoms with van der Waals surface area (Å²) in [7, 11) is 0. The van der Waals surface area contributed by atoms with Crippen molar-refractivity contribution in [1.82, 2.24) is 0 Å². The smallest absolute Gasteiger partial charge is 0.0519 e. The van der Waals surface area contributed by atoms with Crippen LogP contribution in [0.1, 0.15) is 11.1 Å². The first kappa shape index (κ1) is 33.1. The van der Waals surface area contributed by atoms with Crippen LogP contribution in [0, 0.1) is 13.8 Å². The van der Waals surface area contributed by atoms with Crippen LogP contribution in [0.4, 0.5) is 17.1 Å². The first-order valence-electron chi connectivity index (χ1n) is 19.8. The van der Waals surface area contributed by atoms with Crippen molar-refractivity contribution in [3.8, 4) is 55.6 Å². The average Bonchev–Trinajstić information content (AvgIpc) is 3.26. The fourth-order valence-corrected chi connectivity index (χ4v) is 9.33. The fraction of sp³-hybridized carbons (Fsp3) is 0.0357. The van der Waals surface area contributed by atoms with Gasteiger partial charge in [-0.2, -0.15) is 0 Å². The summed E-state index contributed by atoms with van der Waals surface area (Å²) in [4.78, 5) is 2.44. The second kappa shape index (κ2) is 13.2. The van der Waals surface area contributed by atoms with Gasteiger partial charge in [0, 0.05) is 11.4 Å². The van der Waals surface area contributed by atoms with Crippen molar-refractivity contribution >= 4 is 49.4 Å². The maximum Gasteiger partial charge on any atom is 0.0519 e. The maximum absolute atomic E-state index is 2.47. The summed E-state index contributed by atoms with van der Waals surface area (Å²) in [6.07, 6.45) is 0. The molecule has 10 aromatic rings. The lowest BCUT2D eigenvalue weighted by atomic mass is 9.75. The van der Waals surface area contributed by atoms with Gasteiger partial charge in [-0.1, -0.05) is 152 Å². The van der Waals surface area contributed by atoms with Crippen molar-refractivity contribution < 1.29 is 0 Å². The molecule has 0 fully saturated rings. The molecule has 0 heterocycles. The van der Waals surface area contributed by atoms with Crippen LogP contribution < -0.4 is 4.90 Å². The van der Waals surface area contributed by atoms with Crippen molar-refractivity contribution in [2.45, 2.75) is 13.8 Å². The molecule has 11 rings (SSSR count). The minimum Gasteiger partial charge on any atom is -0.310 e. The number of anilines is 3. The SMILES string of the molecule is Cc1cccc(C)c1N(c1cccc(-c2ccccc2)c1)c1ccc2cc3c(cc2c1)-c1cc2c(-c4ccccc4)c4ccccc4c(-c4ccccc4)c2cc1-3. The molecular weight excluding hydrogens is 687 g/mol. The number of rotatable bonds is 6. The number of hydrogen-bond acceptors (Lipinski definition) is 1. The highest BCUT2D eigenvalue weighted by molar-refractivity contribution is 6.24. The Morgan fingerprint density at radius 1 is 0.298 bits per heavy atom. The molecule has 0 radical (unpaired) electrons. The fourth-order valence-electron chi connectivity index (χ4n) is 9.33. The minimum atomic E-state index is 1.14. The van der Waals surface area contributed by atoms with Gasteiger partial charge in [-0.05, 0) is 161 Å². The van der Waals surface area contributed by atoms with Gasteiger partial charge in [-0.15, -0.1) is 0 Å². The third-order valence-electron chi connectivity index (χ3n) is 12.0. The van der Waals surface area contributed by atoms with Crippen molar-refractivity contribution in [1.29, 1.82) is 0 Å². The summed E-state index contributed by atoms with van der Waals surface area (Å²) in [5.74, 6) is 0. The van der Waals surface area contributed by atoms with E-state index in [1.54, 1.807) is 0 Å². The molecule has 0 N–H and O–H groups in total. The van der Waals surface area contributed by atoms with Crippen LogP contribution >= 0.6 is 0 Å². The third kappa shape index (κ3) is 5.39. The number of nitrogens with zero attached hydrogens (tertiary/aromatic N) is 1. The molecule has 1 aliphatic rings. The molecule has 0 spiro atoms. The summed E-state index contributed by atoms with van der Waals surface area (Å²) in [6, 6.07) is 73.7. The highest BCUT2D eigenvalue weighted by atomic mass is 15.1. The van der Waals surface area contributed by atoms with Crippen LogP contribution in [0.3, 0.4) is 0 Å². The second-order valence-corrected chi connectivity index (χ2v) is 15.4. The van der Waals surface area contributed by atoms with Gasteiger partial charge < -0.3 is 4.90 Å². The van der Waals surface area contributed by atoms with E-state index in [0.717, 1.165) is 11.4 Å². The highest BCUT2D eigenvalue weighted by Crippen LogP contribution is 2.54. The molecule has 1 heteroatoms. The first-order valence-corrected chi connectivity index (χ1v) is 19.8. The second-order valence-electron chi connectivity index (χ2n) is 15.4. The largest absolute Gasteiger partial charge is 0.310 e. The molecule has 0 saturated heterocycles. The molecule has 0 amide bonds. The van der Waals surface area contributed by atoms with E-state index >= 15 is 0 Å². The summed E-state index contributed by atoms with van der Waals surface area (Å²) in [5, 5.41) is 7.62. The number of aryl methyl sites for hydroxylation is 2. The molecule has 0 atom stereocenters. The van der Waals surface area contributed by atoms with Crippen molar-refractivity contribution in [3.05, 3.63) is 211 Å². The average molecular weight is 726 g/mol. The number of fused-ring (bicyclic) bond motifs is 7. The van der Waals surface area contributed by atoms with Crippen molar-refractivity contribution in [2.75, 3.05) is 4.90 Å². The lowest BCUT2D eigenvalue weighted by molar-refractivity contribution is 1.22. The Kier molecular flexibility index (Phi) is 7.69. The summed E-state index contributed by atoms with van der Waals surface area (Å²) < 4.78 is 0. The minimum absolute atomic E-state index is 1.14. The number of hydrogen-bond donors (Lipinski definition) is 0. The van der Waals surface area contributed by atoms with Crippen LogP contribution in [0.25, 0.3) is 88.0 Å². The van der Waals surface area contributed by atoms with Gasteiger partial charge in [0.15, 0.2) is 0 Å². The van der Waals surface area contributed by atoms with E-state index in [2.05, 4.69) is 219 Å². The van der Waals surface area contributed by atoms with Gasteiger partial charge in [0.25, 0.3) is 0 Å². The molecule has 0 aromatic heterocycles. The summed E-state index contributed by atoms with van der Waals surface area (Å²) >= 11 is 0. The number of para-hydroxylation sites is 1. The normalized spacial score (nSPS) is 11.7. The summed E-state index contributed by atoms with van der Waals surface area (Å²) in [5.41, 5.74) is 18.8. The molecule has 57 heavy (non-hydrogen) atoms. The van der Waals surface area contributed by atoms with Crippen LogP contribution in [0.5, 0.6) is 0 Å². The van der Waals surface area contributed by atoms with E-state index in [1.807, 2.05) is 0 Å². The van der Waals surface area contributed by atoms with Crippen LogP contribution in [0.2, 0.25) is 0 Å². The topological polar surface area (TPSA) is 3.24 Å². The van der Waals surface area contributed by atoms with Gasteiger partial charge in [0.05, 0.1) is 5.69 Å². The van der Waals surface area contributed by atoms with Crippen LogP contribution in [-0.4, -0.2) is 0 Å². The molecule has 10 aromatic carbocycles. The van der Waals surface area contributed by atoms with Gasteiger partial charge in [-0.3, -0.25) is 0 Å². The van der Waals surface area contributed by atoms with Crippen LogP contribution in [-0.2, 0) is 0 Å². The molecule has 0 unspecified atom stereocenters. The van der Waals surface area contributed by atoms with E-state index < -0.39 is 0 Å². The van der Waals surface area contributed by atoms with E-state index in [0.29, 0.717) is 0 Å². The Labute approximate surface area is 333 Å². The maximum atomic E-state index is 2.47. The zero-order valence-electron chi connectivity index (χ0n) is 32.0.